The summed E-state index contributed by atoms with van der Waals surface area (Å²) in [5.41, 5.74) is 7.41. The van der Waals surface area contributed by atoms with Gasteiger partial charge in [0.2, 0.25) is 0 Å². The highest BCUT2D eigenvalue weighted by molar-refractivity contribution is 7.85. The number of nitrogen functional groups attached to an aromatic ring is 1. The predicted octanol–water partition coefficient (Wildman–Crippen LogP) is 1.94. The van der Waals surface area contributed by atoms with Crippen LogP contribution in [0.15, 0.2) is 30.3 Å². The van der Waals surface area contributed by atoms with Crippen LogP contribution in [0.25, 0.3) is 10.8 Å². The van der Waals surface area contributed by atoms with Gasteiger partial charge in [-0.2, -0.15) is 8.42 Å². The van der Waals surface area contributed by atoms with Gasteiger partial charge in [0.05, 0.1) is 6.26 Å². The molecule has 0 aliphatic rings. The molecule has 2 aromatic carbocycles. The SMILES string of the molecule is CS(=O)(=O)O.Cc1cc(O)c2c(N)cccc2c1. The molecule has 0 fully saturated rings. The summed E-state index contributed by atoms with van der Waals surface area (Å²) in [4.78, 5) is 0. The number of aryl methyl sites for hydroxylation is 1. The Labute approximate surface area is 106 Å². The molecule has 0 unspecified atom stereocenters. The number of benzene rings is 2. The van der Waals surface area contributed by atoms with Gasteiger partial charge in [-0.15, -0.1) is 0 Å². The van der Waals surface area contributed by atoms with E-state index in [-0.39, 0.29) is 5.75 Å². The van der Waals surface area contributed by atoms with Crippen molar-refractivity contribution in [2.75, 3.05) is 12.0 Å². The summed E-state index contributed by atoms with van der Waals surface area (Å²) in [6, 6.07) is 9.34. The molecular formula is C12H15NO4S. The van der Waals surface area contributed by atoms with E-state index in [9.17, 15) is 13.5 Å². The number of phenols is 1. The van der Waals surface area contributed by atoms with E-state index in [2.05, 4.69) is 0 Å². The lowest BCUT2D eigenvalue weighted by Gasteiger charge is -2.05. The van der Waals surface area contributed by atoms with Crippen molar-refractivity contribution in [3.8, 4) is 5.75 Å². The van der Waals surface area contributed by atoms with E-state index in [1.165, 1.54) is 0 Å². The van der Waals surface area contributed by atoms with Gasteiger partial charge in [-0.3, -0.25) is 4.55 Å². The molecule has 98 valence electrons. The molecule has 6 heteroatoms. The Morgan fingerprint density at radius 2 is 1.78 bits per heavy atom. The molecule has 0 heterocycles. The quantitative estimate of drug-likeness (QED) is 0.501. The number of aromatic hydroxyl groups is 1. The van der Waals surface area contributed by atoms with Crippen molar-refractivity contribution < 1.29 is 18.1 Å². The average molecular weight is 269 g/mol. The van der Waals surface area contributed by atoms with Gasteiger partial charge in [-0.25, -0.2) is 0 Å². The van der Waals surface area contributed by atoms with E-state index in [1.54, 1.807) is 12.1 Å². The molecular weight excluding hydrogens is 254 g/mol. The third-order valence-corrected chi connectivity index (χ3v) is 2.13. The zero-order chi connectivity index (χ0) is 13.9. The smallest absolute Gasteiger partial charge is 0.261 e. The molecule has 0 saturated heterocycles. The second-order valence-corrected chi connectivity index (χ2v) is 5.43. The predicted molar refractivity (Wildman–Crippen MR) is 72.2 cm³/mol. The van der Waals surface area contributed by atoms with Crippen molar-refractivity contribution >= 4 is 26.6 Å². The third-order valence-electron chi connectivity index (χ3n) is 2.13. The molecule has 2 aromatic rings. The van der Waals surface area contributed by atoms with Crippen molar-refractivity contribution in [2.24, 2.45) is 0 Å². The highest BCUT2D eigenvalue weighted by atomic mass is 32.2. The Morgan fingerprint density at radius 1 is 1.22 bits per heavy atom. The van der Waals surface area contributed by atoms with Gasteiger partial charge in [0.25, 0.3) is 10.1 Å². The van der Waals surface area contributed by atoms with Gasteiger partial charge in [0.1, 0.15) is 5.75 Å². The van der Waals surface area contributed by atoms with Crippen LogP contribution in [0.2, 0.25) is 0 Å². The number of fused-ring (bicyclic) bond motifs is 1. The number of hydrogen-bond acceptors (Lipinski definition) is 4. The number of anilines is 1. The lowest BCUT2D eigenvalue weighted by Crippen LogP contribution is -1.88. The summed E-state index contributed by atoms with van der Waals surface area (Å²) >= 11 is 0. The third kappa shape index (κ3) is 4.23. The van der Waals surface area contributed by atoms with Crippen molar-refractivity contribution in [3.05, 3.63) is 35.9 Å². The topological polar surface area (TPSA) is 101 Å². The van der Waals surface area contributed by atoms with Crippen LogP contribution in [-0.4, -0.2) is 24.3 Å². The molecule has 2 rings (SSSR count). The van der Waals surface area contributed by atoms with Crippen LogP contribution in [0, 0.1) is 6.92 Å². The van der Waals surface area contributed by atoms with Gasteiger partial charge in [-0.05, 0) is 30.0 Å². The Hall–Kier alpha value is -1.79. The molecule has 0 aliphatic heterocycles. The summed E-state index contributed by atoms with van der Waals surface area (Å²) in [6.07, 6.45) is 0.715. The van der Waals surface area contributed by atoms with E-state index < -0.39 is 10.1 Å². The molecule has 0 saturated carbocycles. The van der Waals surface area contributed by atoms with Crippen molar-refractivity contribution in [2.45, 2.75) is 6.92 Å². The molecule has 0 radical (unpaired) electrons. The Morgan fingerprint density at radius 3 is 2.33 bits per heavy atom. The van der Waals surface area contributed by atoms with E-state index in [0.29, 0.717) is 11.9 Å². The monoisotopic (exact) mass is 269 g/mol. The first-order valence-electron chi connectivity index (χ1n) is 5.09. The second-order valence-electron chi connectivity index (χ2n) is 3.96. The minimum atomic E-state index is -3.67. The largest absolute Gasteiger partial charge is 0.507 e. The maximum Gasteiger partial charge on any atom is 0.261 e. The van der Waals surface area contributed by atoms with Crippen LogP contribution in [0.3, 0.4) is 0 Å². The minimum absolute atomic E-state index is 0.258. The zero-order valence-electron chi connectivity index (χ0n) is 10.1. The summed E-state index contributed by atoms with van der Waals surface area (Å²) in [7, 11) is -3.67. The van der Waals surface area contributed by atoms with Crippen LogP contribution in [0.5, 0.6) is 5.75 Å². The molecule has 18 heavy (non-hydrogen) atoms. The molecule has 0 aliphatic carbocycles. The fraction of sp³-hybridized carbons (Fsp3) is 0.167. The highest BCUT2D eigenvalue weighted by Gasteiger charge is 2.03. The lowest BCUT2D eigenvalue weighted by atomic mass is 10.1. The standard InChI is InChI=1S/C11H11NO.CH4O3S/c1-7-5-8-3-2-4-9(12)11(8)10(13)6-7;1-5(2,3)4/h2-6,13H,12H2,1H3;1H3,(H,2,3,4). The Kier molecular flexibility index (Phi) is 4.15. The van der Waals surface area contributed by atoms with Gasteiger partial charge >= 0.3 is 0 Å². The van der Waals surface area contributed by atoms with Crippen LogP contribution >= 0.6 is 0 Å². The minimum Gasteiger partial charge on any atom is -0.507 e. The normalized spacial score (nSPS) is 10.8. The first kappa shape index (κ1) is 14.3. The molecule has 5 nitrogen and oxygen atoms in total. The summed E-state index contributed by atoms with van der Waals surface area (Å²) < 4.78 is 25.9. The second kappa shape index (κ2) is 5.24. The van der Waals surface area contributed by atoms with Crippen LogP contribution < -0.4 is 5.73 Å². The van der Waals surface area contributed by atoms with Gasteiger partial charge < -0.3 is 10.8 Å². The van der Waals surface area contributed by atoms with Crippen molar-refractivity contribution in [1.29, 1.82) is 0 Å². The number of nitrogens with two attached hydrogens (primary N) is 1. The summed E-state index contributed by atoms with van der Waals surface area (Å²) in [6.45, 7) is 1.95. The fourth-order valence-electron chi connectivity index (χ4n) is 1.58. The number of phenolic OH excluding ortho intramolecular Hbond substituents is 1. The Bertz CT molecular complexity index is 657. The Balaban J connectivity index is 0.000000280. The molecule has 0 atom stereocenters. The van der Waals surface area contributed by atoms with Crippen LogP contribution in [-0.2, 0) is 10.1 Å². The van der Waals surface area contributed by atoms with E-state index in [1.807, 2.05) is 25.1 Å². The average Bonchev–Trinajstić information content (AvgIpc) is 2.13. The van der Waals surface area contributed by atoms with Gasteiger partial charge in [0, 0.05) is 11.1 Å². The van der Waals surface area contributed by atoms with Gasteiger partial charge in [-0.1, -0.05) is 18.2 Å². The molecule has 0 spiro atoms. The fourth-order valence-corrected chi connectivity index (χ4v) is 1.58. The molecule has 0 amide bonds. The van der Waals surface area contributed by atoms with E-state index in [0.717, 1.165) is 16.3 Å². The molecule has 0 aromatic heterocycles. The number of rotatable bonds is 0. The van der Waals surface area contributed by atoms with Crippen molar-refractivity contribution in [3.63, 3.8) is 0 Å². The maximum atomic E-state index is 9.65. The maximum absolute atomic E-state index is 9.65. The van der Waals surface area contributed by atoms with Crippen molar-refractivity contribution in [1.82, 2.24) is 0 Å². The number of hydrogen-bond donors (Lipinski definition) is 3. The van der Waals surface area contributed by atoms with Crippen LogP contribution in [0.4, 0.5) is 5.69 Å². The lowest BCUT2D eigenvalue weighted by molar-refractivity contribution is 0.481. The first-order chi connectivity index (χ1) is 8.18. The molecule has 0 bridgehead atoms. The molecule has 4 N–H and O–H groups in total. The van der Waals surface area contributed by atoms with E-state index >= 15 is 0 Å². The van der Waals surface area contributed by atoms with E-state index in [4.69, 9.17) is 10.3 Å². The summed E-state index contributed by atoms with van der Waals surface area (Å²) in [5.74, 6) is 0.258. The zero-order valence-corrected chi connectivity index (χ0v) is 10.9. The summed E-state index contributed by atoms with van der Waals surface area (Å²) in [5, 5.41) is 11.4. The van der Waals surface area contributed by atoms with Crippen LogP contribution in [0.1, 0.15) is 5.56 Å². The highest BCUT2D eigenvalue weighted by Crippen LogP contribution is 2.30. The van der Waals surface area contributed by atoms with Gasteiger partial charge in [0.15, 0.2) is 0 Å². The first-order valence-corrected chi connectivity index (χ1v) is 6.93.